The lowest BCUT2D eigenvalue weighted by molar-refractivity contribution is -0.126. The minimum absolute atomic E-state index is 0.111. The molecule has 1 unspecified atom stereocenters. The van der Waals surface area contributed by atoms with Crippen LogP contribution >= 0.6 is 0 Å². The fourth-order valence-corrected chi connectivity index (χ4v) is 1.66. The SMILES string of the molecule is CC(N)(C(=O)NCc1cccnn1)C1CC1. The van der Waals surface area contributed by atoms with Crippen LogP contribution in [-0.2, 0) is 11.3 Å². The Morgan fingerprint density at radius 2 is 2.44 bits per heavy atom. The molecule has 2 rings (SSSR count). The summed E-state index contributed by atoms with van der Waals surface area (Å²) in [6, 6.07) is 3.61. The number of carbonyl (C=O) groups is 1. The van der Waals surface area contributed by atoms with Crippen LogP contribution < -0.4 is 11.1 Å². The van der Waals surface area contributed by atoms with E-state index in [2.05, 4.69) is 15.5 Å². The summed E-state index contributed by atoms with van der Waals surface area (Å²) in [6.45, 7) is 2.17. The Morgan fingerprint density at radius 1 is 1.69 bits per heavy atom. The Balaban J connectivity index is 1.88. The van der Waals surface area contributed by atoms with Gasteiger partial charge in [-0.25, -0.2) is 0 Å². The van der Waals surface area contributed by atoms with Gasteiger partial charge in [-0.15, -0.1) is 0 Å². The summed E-state index contributed by atoms with van der Waals surface area (Å²) < 4.78 is 0. The van der Waals surface area contributed by atoms with E-state index in [-0.39, 0.29) is 5.91 Å². The largest absolute Gasteiger partial charge is 0.349 e. The predicted molar refractivity (Wildman–Crippen MR) is 59.2 cm³/mol. The van der Waals surface area contributed by atoms with Crippen molar-refractivity contribution in [3.8, 4) is 0 Å². The Labute approximate surface area is 94.4 Å². The maximum Gasteiger partial charge on any atom is 0.240 e. The number of nitrogens with zero attached hydrogens (tertiary/aromatic N) is 2. The van der Waals surface area contributed by atoms with E-state index in [4.69, 9.17) is 5.73 Å². The van der Waals surface area contributed by atoms with Crippen LogP contribution in [0, 0.1) is 5.92 Å². The zero-order valence-corrected chi connectivity index (χ0v) is 9.31. The van der Waals surface area contributed by atoms with Gasteiger partial charge in [-0.2, -0.15) is 10.2 Å². The van der Waals surface area contributed by atoms with Gasteiger partial charge in [-0.1, -0.05) is 0 Å². The molecule has 0 radical (unpaired) electrons. The number of hydrogen-bond acceptors (Lipinski definition) is 4. The van der Waals surface area contributed by atoms with E-state index in [0.29, 0.717) is 12.5 Å². The molecule has 1 atom stereocenters. The molecule has 5 nitrogen and oxygen atoms in total. The lowest BCUT2D eigenvalue weighted by Gasteiger charge is -2.22. The van der Waals surface area contributed by atoms with Crippen LogP contribution in [0.3, 0.4) is 0 Å². The Morgan fingerprint density at radius 3 is 3.00 bits per heavy atom. The topological polar surface area (TPSA) is 80.9 Å². The smallest absolute Gasteiger partial charge is 0.240 e. The summed E-state index contributed by atoms with van der Waals surface area (Å²) in [5.41, 5.74) is 5.97. The van der Waals surface area contributed by atoms with E-state index in [1.165, 1.54) is 0 Å². The number of amides is 1. The van der Waals surface area contributed by atoms with Crippen molar-refractivity contribution in [2.75, 3.05) is 0 Å². The van der Waals surface area contributed by atoms with E-state index in [1.54, 1.807) is 19.2 Å². The number of nitrogens with two attached hydrogens (primary N) is 1. The fourth-order valence-electron chi connectivity index (χ4n) is 1.66. The van der Waals surface area contributed by atoms with Crippen molar-refractivity contribution in [3.05, 3.63) is 24.0 Å². The zero-order chi connectivity index (χ0) is 11.6. The Bertz CT molecular complexity index is 373. The third kappa shape index (κ3) is 2.36. The van der Waals surface area contributed by atoms with E-state index in [9.17, 15) is 4.79 Å². The Hall–Kier alpha value is -1.49. The van der Waals surface area contributed by atoms with Gasteiger partial charge < -0.3 is 11.1 Å². The standard InChI is InChI=1S/C11H16N4O/c1-11(12,8-4-5-8)10(16)13-7-9-3-2-6-14-15-9/h2-3,6,8H,4-5,7,12H2,1H3,(H,13,16). The molecule has 0 spiro atoms. The van der Waals surface area contributed by atoms with Gasteiger partial charge in [0.15, 0.2) is 0 Å². The molecule has 1 aromatic heterocycles. The number of nitrogens with one attached hydrogen (secondary N) is 1. The highest BCUT2D eigenvalue weighted by Gasteiger charge is 2.43. The van der Waals surface area contributed by atoms with Gasteiger partial charge in [0.2, 0.25) is 5.91 Å². The number of rotatable bonds is 4. The maximum absolute atomic E-state index is 11.8. The average Bonchev–Trinajstić information content (AvgIpc) is 3.11. The lowest BCUT2D eigenvalue weighted by atomic mass is 9.96. The molecule has 3 N–H and O–H groups in total. The molecule has 5 heteroatoms. The second-order valence-electron chi connectivity index (χ2n) is 4.45. The molecular weight excluding hydrogens is 204 g/mol. The molecule has 1 aliphatic carbocycles. The van der Waals surface area contributed by atoms with Crippen LogP contribution in [0.25, 0.3) is 0 Å². The van der Waals surface area contributed by atoms with Crippen molar-refractivity contribution in [2.45, 2.75) is 31.8 Å². The number of aromatic nitrogens is 2. The van der Waals surface area contributed by atoms with Gasteiger partial charge in [0, 0.05) is 6.20 Å². The van der Waals surface area contributed by atoms with Gasteiger partial charge in [0.25, 0.3) is 0 Å². The third-order valence-corrected chi connectivity index (χ3v) is 2.97. The first-order chi connectivity index (χ1) is 7.60. The summed E-state index contributed by atoms with van der Waals surface area (Å²) in [4.78, 5) is 11.8. The van der Waals surface area contributed by atoms with Crippen molar-refractivity contribution in [1.29, 1.82) is 0 Å². The summed E-state index contributed by atoms with van der Waals surface area (Å²) in [5, 5.41) is 10.4. The monoisotopic (exact) mass is 220 g/mol. The minimum atomic E-state index is -0.748. The predicted octanol–water partition coefficient (Wildman–Crippen LogP) is 0.220. The van der Waals surface area contributed by atoms with Gasteiger partial charge in [0.1, 0.15) is 0 Å². The van der Waals surface area contributed by atoms with E-state index >= 15 is 0 Å². The second-order valence-corrected chi connectivity index (χ2v) is 4.45. The molecule has 0 saturated heterocycles. The van der Waals surface area contributed by atoms with Crippen molar-refractivity contribution in [2.24, 2.45) is 11.7 Å². The van der Waals surface area contributed by atoms with Gasteiger partial charge in [-0.05, 0) is 37.8 Å². The van der Waals surface area contributed by atoms with Gasteiger partial charge >= 0.3 is 0 Å². The van der Waals surface area contributed by atoms with E-state index in [0.717, 1.165) is 18.5 Å². The highest BCUT2D eigenvalue weighted by molar-refractivity contribution is 5.86. The lowest BCUT2D eigenvalue weighted by Crippen LogP contribution is -2.53. The minimum Gasteiger partial charge on any atom is -0.349 e. The van der Waals surface area contributed by atoms with Crippen molar-refractivity contribution in [1.82, 2.24) is 15.5 Å². The third-order valence-electron chi connectivity index (χ3n) is 2.97. The maximum atomic E-state index is 11.8. The summed E-state index contributed by atoms with van der Waals surface area (Å²) >= 11 is 0. The first kappa shape index (κ1) is 11.0. The average molecular weight is 220 g/mol. The molecule has 86 valence electrons. The summed E-state index contributed by atoms with van der Waals surface area (Å²) in [5.74, 6) is 0.218. The van der Waals surface area contributed by atoms with Crippen LogP contribution in [0.5, 0.6) is 0 Å². The molecule has 1 aliphatic rings. The molecule has 16 heavy (non-hydrogen) atoms. The van der Waals surface area contributed by atoms with Crippen LogP contribution in [0.4, 0.5) is 0 Å². The fraction of sp³-hybridized carbons (Fsp3) is 0.545. The van der Waals surface area contributed by atoms with Gasteiger partial charge in [0.05, 0.1) is 17.8 Å². The van der Waals surface area contributed by atoms with Gasteiger partial charge in [-0.3, -0.25) is 4.79 Å². The molecule has 1 amide bonds. The second kappa shape index (κ2) is 4.17. The summed E-state index contributed by atoms with van der Waals surface area (Å²) in [6.07, 6.45) is 3.69. The zero-order valence-electron chi connectivity index (χ0n) is 9.31. The number of carbonyl (C=O) groups excluding carboxylic acids is 1. The highest BCUT2D eigenvalue weighted by atomic mass is 16.2. The number of hydrogen-bond donors (Lipinski definition) is 2. The highest BCUT2D eigenvalue weighted by Crippen LogP contribution is 2.38. The van der Waals surface area contributed by atoms with E-state index in [1.807, 2.05) is 6.07 Å². The summed E-state index contributed by atoms with van der Waals surface area (Å²) in [7, 11) is 0. The quantitative estimate of drug-likeness (QED) is 0.760. The van der Waals surface area contributed by atoms with Crippen LogP contribution in [0.1, 0.15) is 25.5 Å². The molecular formula is C11H16N4O. The van der Waals surface area contributed by atoms with Crippen molar-refractivity contribution >= 4 is 5.91 Å². The first-order valence-electron chi connectivity index (χ1n) is 5.44. The molecule has 0 bridgehead atoms. The molecule has 1 heterocycles. The first-order valence-corrected chi connectivity index (χ1v) is 5.44. The molecule has 1 saturated carbocycles. The van der Waals surface area contributed by atoms with Crippen LogP contribution in [0.2, 0.25) is 0 Å². The van der Waals surface area contributed by atoms with Crippen molar-refractivity contribution in [3.63, 3.8) is 0 Å². The van der Waals surface area contributed by atoms with E-state index < -0.39 is 5.54 Å². The molecule has 1 aromatic rings. The molecule has 1 fully saturated rings. The van der Waals surface area contributed by atoms with Crippen molar-refractivity contribution < 1.29 is 4.79 Å². The Kier molecular flexibility index (Phi) is 2.87. The van der Waals surface area contributed by atoms with Crippen LogP contribution in [0.15, 0.2) is 18.3 Å². The van der Waals surface area contributed by atoms with Crippen LogP contribution in [-0.4, -0.2) is 21.6 Å². The normalized spacial score (nSPS) is 18.9. The molecule has 0 aromatic carbocycles. The molecule has 0 aliphatic heterocycles.